The lowest BCUT2D eigenvalue weighted by Crippen LogP contribution is -2.47. The first-order chi connectivity index (χ1) is 13.9. The van der Waals surface area contributed by atoms with Crippen LogP contribution in [0.4, 0.5) is 0 Å². The molecule has 2 aromatic rings. The Bertz CT molecular complexity index is 899. The zero-order valence-corrected chi connectivity index (χ0v) is 17.7. The van der Waals surface area contributed by atoms with Crippen molar-refractivity contribution in [1.29, 1.82) is 0 Å². The Balaban J connectivity index is 1.49. The highest BCUT2D eigenvalue weighted by Gasteiger charge is 2.25. The van der Waals surface area contributed by atoms with E-state index in [1.165, 1.54) is 0 Å². The van der Waals surface area contributed by atoms with Gasteiger partial charge in [0, 0.05) is 24.7 Å². The molecule has 0 saturated carbocycles. The van der Waals surface area contributed by atoms with Crippen molar-refractivity contribution >= 4 is 11.8 Å². The number of carbonyl (C=O) groups is 2. The van der Waals surface area contributed by atoms with E-state index in [-0.39, 0.29) is 24.5 Å². The van der Waals surface area contributed by atoms with Gasteiger partial charge in [0.05, 0.1) is 0 Å². The maximum atomic E-state index is 12.6. The van der Waals surface area contributed by atoms with E-state index < -0.39 is 0 Å². The molecule has 1 heterocycles. The van der Waals surface area contributed by atoms with Crippen LogP contribution in [0.1, 0.15) is 45.5 Å². The van der Waals surface area contributed by atoms with E-state index >= 15 is 0 Å². The molecule has 154 valence electrons. The molecule has 2 aromatic carbocycles. The Morgan fingerprint density at radius 1 is 0.966 bits per heavy atom. The van der Waals surface area contributed by atoms with E-state index in [1.54, 1.807) is 0 Å². The minimum atomic E-state index is -0.0402. The molecule has 0 spiro atoms. The van der Waals surface area contributed by atoms with Gasteiger partial charge in [-0.15, -0.1) is 0 Å². The van der Waals surface area contributed by atoms with Crippen molar-refractivity contribution in [3.63, 3.8) is 0 Å². The van der Waals surface area contributed by atoms with Crippen molar-refractivity contribution in [3.05, 3.63) is 64.2 Å². The number of piperidine rings is 1. The maximum Gasteiger partial charge on any atom is 0.260 e. The fraction of sp³-hybridized carbons (Fsp3) is 0.417. The molecule has 0 aliphatic carbocycles. The third kappa shape index (κ3) is 4.97. The van der Waals surface area contributed by atoms with Crippen LogP contribution in [-0.2, 0) is 4.79 Å². The quantitative estimate of drug-likeness (QED) is 0.841. The SMILES string of the molecule is Cc1ccccc1C(=O)NC1CCN(C(=O)COc2c(C)ccc(C)c2C)CC1. The van der Waals surface area contributed by atoms with Crippen molar-refractivity contribution in [2.45, 2.75) is 46.6 Å². The summed E-state index contributed by atoms with van der Waals surface area (Å²) in [7, 11) is 0. The van der Waals surface area contributed by atoms with Gasteiger partial charge >= 0.3 is 0 Å². The third-order valence-electron chi connectivity index (χ3n) is 5.79. The number of ether oxygens (including phenoxy) is 1. The summed E-state index contributed by atoms with van der Waals surface area (Å²) in [6.07, 6.45) is 1.51. The Labute approximate surface area is 173 Å². The number of hydrogen-bond donors (Lipinski definition) is 1. The fourth-order valence-electron chi connectivity index (χ4n) is 3.74. The second kappa shape index (κ2) is 9.12. The van der Waals surface area contributed by atoms with E-state index in [0.717, 1.165) is 40.8 Å². The molecule has 5 heteroatoms. The smallest absolute Gasteiger partial charge is 0.260 e. The first-order valence-electron chi connectivity index (χ1n) is 10.2. The number of nitrogens with one attached hydrogen (secondary N) is 1. The van der Waals surface area contributed by atoms with Gasteiger partial charge < -0.3 is 15.0 Å². The summed E-state index contributed by atoms with van der Waals surface area (Å²) in [5.74, 6) is 0.759. The summed E-state index contributed by atoms with van der Waals surface area (Å²) < 4.78 is 5.86. The average molecular weight is 395 g/mol. The summed E-state index contributed by atoms with van der Waals surface area (Å²) in [6, 6.07) is 11.8. The van der Waals surface area contributed by atoms with Crippen LogP contribution in [0.25, 0.3) is 0 Å². The van der Waals surface area contributed by atoms with Gasteiger partial charge in [0.2, 0.25) is 0 Å². The molecule has 2 amide bonds. The fourth-order valence-corrected chi connectivity index (χ4v) is 3.74. The molecule has 1 fully saturated rings. The molecule has 1 N–H and O–H groups in total. The lowest BCUT2D eigenvalue weighted by atomic mass is 10.0. The second-order valence-corrected chi connectivity index (χ2v) is 7.89. The zero-order valence-electron chi connectivity index (χ0n) is 17.7. The standard InChI is InChI=1S/C24H30N2O3/c1-16-9-10-18(3)23(19(16)4)29-15-22(27)26-13-11-20(12-14-26)25-24(28)21-8-6-5-7-17(21)2/h5-10,20H,11-15H2,1-4H3,(H,25,28). The first-order valence-corrected chi connectivity index (χ1v) is 10.2. The number of carbonyl (C=O) groups excluding carboxylic acids is 2. The van der Waals surface area contributed by atoms with Crippen LogP contribution in [0.3, 0.4) is 0 Å². The van der Waals surface area contributed by atoms with Gasteiger partial charge in [0.1, 0.15) is 5.75 Å². The van der Waals surface area contributed by atoms with Gasteiger partial charge in [-0.2, -0.15) is 0 Å². The summed E-state index contributed by atoms with van der Waals surface area (Å²) in [4.78, 5) is 26.9. The summed E-state index contributed by atoms with van der Waals surface area (Å²) in [5.41, 5.74) is 4.96. The lowest BCUT2D eigenvalue weighted by molar-refractivity contribution is -0.134. The van der Waals surface area contributed by atoms with Crippen LogP contribution in [-0.4, -0.2) is 42.5 Å². The molecule has 3 rings (SSSR count). The van der Waals surface area contributed by atoms with E-state index in [0.29, 0.717) is 18.7 Å². The van der Waals surface area contributed by atoms with Crippen molar-refractivity contribution < 1.29 is 14.3 Å². The average Bonchev–Trinajstić information content (AvgIpc) is 2.71. The van der Waals surface area contributed by atoms with E-state index in [4.69, 9.17) is 4.74 Å². The summed E-state index contributed by atoms with van der Waals surface area (Å²) in [6.45, 7) is 9.30. The van der Waals surface area contributed by atoms with Gasteiger partial charge in [-0.3, -0.25) is 9.59 Å². The number of aryl methyl sites for hydroxylation is 3. The Morgan fingerprint density at radius 2 is 1.62 bits per heavy atom. The Morgan fingerprint density at radius 3 is 2.31 bits per heavy atom. The van der Waals surface area contributed by atoms with E-state index in [1.807, 2.05) is 62.9 Å². The molecular weight excluding hydrogens is 364 g/mol. The monoisotopic (exact) mass is 394 g/mol. The van der Waals surface area contributed by atoms with E-state index in [2.05, 4.69) is 11.4 Å². The molecule has 5 nitrogen and oxygen atoms in total. The number of rotatable bonds is 5. The predicted octanol–water partition coefficient (Wildman–Crippen LogP) is 3.72. The Hall–Kier alpha value is -2.82. The first kappa shape index (κ1) is 20.9. The largest absolute Gasteiger partial charge is 0.483 e. The minimum absolute atomic E-state index is 0.00557. The number of amides is 2. The number of likely N-dealkylation sites (tertiary alicyclic amines) is 1. The van der Waals surface area contributed by atoms with Gasteiger partial charge in [0.15, 0.2) is 6.61 Å². The van der Waals surface area contributed by atoms with Crippen LogP contribution in [0.5, 0.6) is 5.75 Å². The maximum absolute atomic E-state index is 12.6. The molecular formula is C24H30N2O3. The van der Waals surface area contributed by atoms with Gasteiger partial charge in [-0.1, -0.05) is 30.3 Å². The minimum Gasteiger partial charge on any atom is -0.483 e. The molecule has 1 saturated heterocycles. The third-order valence-corrected chi connectivity index (χ3v) is 5.79. The van der Waals surface area contributed by atoms with Crippen molar-refractivity contribution in [3.8, 4) is 5.75 Å². The normalized spacial score (nSPS) is 14.6. The van der Waals surface area contributed by atoms with Crippen LogP contribution < -0.4 is 10.1 Å². The van der Waals surface area contributed by atoms with E-state index in [9.17, 15) is 9.59 Å². The highest BCUT2D eigenvalue weighted by molar-refractivity contribution is 5.95. The molecule has 29 heavy (non-hydrogen) atoms. The Kier molecular flexibility index (Phi) is 6.57. The molecule has 0 atom stereocenters. The van der Waals surface area contributed by atoms with Crippen LogP contribution in [0.2, 0.25) is 0 Å². The second-order valence-electron chi connectivity index (χ2n) is 7.89. The molecule has 0 radical (unpaired) electrons. The van der Waals surface area contributed by atoms with Crippen LogP contribution in [0.15, 0.2) is 36.4 Å². The van der Waals surface area contributed by atoms with Gasteiger partial charge in [-0.25, -0.2) is 0 Å². The van der Waals surface area contributed by atoms with Gasteiger partial charge in [0.25, 0.3) is 11.8 Å². The highest BCUT2D eigenvalue weighted by atomic mass is 16.5. The van der Waals surface area contributed by atoms with Crippen LogP contribution >= 0.6 is 0 Å². The van der Waals surface area contributed by atoms with Crippen molar-refractivity contribution in [1.82, 2.24) is 10.2 Å². The number of benzene rings is 2. The molecule has 0 unspecified atom stereocenters. The molecule has 0 bridgehead atoms. The summed E-state index contributed by atoms with van der Waals surface area (Å²) >= 11 is 0. The zero-order chi connectivity index (χ0) is 21.0. The molecule has 1 aliphatic rings. The number of hydrogen-bond acceptors (Lipinski definition) is 3. The van der Waals surface area contributed by atoms with Crippen LogP contribution in [0, 0.1) is 27.7 Å². The molecule has 0 aromatic heterocycles. The van der Waals surface area contributed by atoms with Gasteiger partial charge in [-0.05, 0) is 68.9 Å². The predicted molar refractivity (Wildman–Crippen MR) is 114 cm³/mol. The lowest BCUT2D eigenvalue weighted by Gasteiger charge is -2.32. The number of nitrogens with zero attached hydrogens (tertiary/aromatic N) is 1. The highest BCUT2D eigenvalue weighted by Crippen LogP contribution is 2.25. The topological polar surface area (TPSA) is 58.6 Å². The van der Waals surface area contributed by atoms with Crippen molar-refractivity contribution in [2.75, 3.05) is 19.7 Å². The summed E-state index contributed by atoms with van der Waals surface area (Å²) in [5, 5.41) is 3.11. The van der Waals surface area contributed by atoms with Crippen molar-refractivity contribution in [2.24, 2.45) is 0 Å². The molecule has 1 aliphatic heterocycles.